The van der Waals surface area contributed by atoms with Crippen molar-refractivity contribution in [1.82, 2.24) is 9.88 Å². The number of morpholine rings is 1. The van der Waals surface area contributed by atoms with Gasteiger partial charge in [0.1, 0.15) is 5.69 Å². The van der Waals surface area contributed by atoms with Crippen molar-refractivity contribution in [3.63, 3.8) is 0 Å². The van der Waals surface area contributed by atoms with E-state index in [1.807, 2.05) is 6.07 Å². The van der Waals surface area contributed by atoms with Crippen LogP contribution in [0.15, 0.2) is 42.5 Å². The number of benzene rings is 1. The van der Waals surface area contributed by atoms with Crippen molar-refractivity contribution >= 4 is 11.7 Å². The Labute approximate surface area is 150 Å². The summed E-state index contributed by atoms with van der Waals surface area (Å²) < 4.78 is 11.1. The molecule has 1 saturated heterocycles. The first-order valence-corrected chi connectivity index (χ1v) is 8.26. The molecule has 1 aromatic carbocycles. The summed E-state index contributed by atoms with van der Waals surface area (Å²) in [6, 6.07) is 12.0. The summed E-state index contributed by atoms with van der Waals surface area (Å²) in [6.45, 7) is 3.49. The van der Waals surface area contributed by atoms with Gasteiger partial charge in [-0.05, 0) is 22.0 Å². The number of nitrogens with zero attached hydrogens (tertiary/aromatic N) is 3. The van der Waals surface area contributed by atoms with Gasteiger partial charge in [0.25, 0.3) is 5.91 Å². The third-order valence-electron chi connectivity index (χ3n) is 4.05. The maximum Gasteiger partial charge on any atom is 0.406 e. The number of aromatic nitrogens is 1. The Morgan fingerprint density at radius 2 is 1.92 bits per heavy atom. The fourth-order valence-corrected chi connectivity index (χ4v) is 2.72. The van der Waals surface area contributed by atoms with Crippen molar-refractivity contribution in [2.45, 2.75) is 13.0 Å². The van der Waals surface area contributed by atoms with E-state index in [4.69, 9.17) is 9.47 Å². The van der Waals surface area contributed by atoms with Crippen molar-refractivity contribution in [3.05, 3.63) is 63.8 Å². The molecule has 1 atom stereocenters. The average Bonchev–Trinajstić information content (AvgIpc) is 2.67. The Bertz CT molecular complexity index is 791. The third-order valence-corrected chi connectivity index (χ3v) is 4.05. The van der Waals surface area contributed by atoms with Gasteiger partial charge in [0.15, 0.2) is 0 Å². The van der Waals surface area contributed by atoms with Crippen LogP contribution >= 0.6 is 0 Å². The van der Waals surface area contributed by atoms with Crippen LogP contribution in [0, 0.1) is 17.0 Å². The fraction of sp³-hybridized carbons (Fsp3) is 0.333. The van der Waals surface area contributed by atoms with Crippen LogP contribution in [0.3, 0.4) is 0 Å². The number of carbonyl (C=O) groups excluding carboxylic acids is 1. The Morgan fingerprint density at radius 1 is 1.23 bits per heavy atom. The van der Waals surface area contributed by atoms with Gasteiger partial charge in [-0.2, -0.15) is 0 Å². The molecule has 0 bridgehead atoms. The van der Waals surface area contributed by atoms with E-state index < -0.39 is 16.8 Å². The molecule has 8 heteroatoms. The lowest BCUT2D eigenvalue weighted by Gasteiger charge is -2.30. The second-order valence-corrected chi connectivity index (χ2v) is 5.88. The topological polar surface area (TPSA) is 94.8 Å². The lowest BCUT2D eigenvalue weighted by atomic mass is 10.1. The van der Waals surface area contributed by atoms with E-state index in [0.717, 1.165) is 0 Å². The van der Waals surface area contributed by atoms with E-state index in [-0.39, 0.29) is 11.7 Å². The molecule has 1 aliphatic heterocycles. The van der Waals surface area contributed by atoms with Crippen LogP contribution in [0.25, 0.3) is 0 Å². The number of rotatable bonds is 5. The monoisotopic (exact) mass is 357 g/mol. The van der Waals surface area contributed by atoms with E-state index in [0.29, 0.717) is 37.6 Å². The molecule has 0 aliphatic carbocycles. The quantitative estimate of drug-likeness (QED) is 0.602. The number of aryl methyl sites for hydroxylation is 1. The summed E-state index contributed by atoms with van der Waals surface area (Å²) in [5.74, 6) is -0.689. The van der Waals surface area contributed by atoms with Crippen LogP contribution in [0.5, 0.6) is 5.75 Å². The van der Waals surface area contributed by atoms with Crippen molar-refractivity contribution < 1.29 is 19.2 Å². The van der Waals surface area contributed by atoms with Gasteiger partial charge in [-0.1, -0.05) is 30.3 Å². The zero-order valence-corrected chi connectivity index (χ0v) is 14.3. The van der Waals surface area contributed by atoms with Gasteiger partial charge in [0, 0.05) is 25.6 Å². The Hall–Kier alpha value is -3.00. The number of amides is 1. The normalized spacial score (nSPS) is 15.3. The number of nitro groups is 1. The fourth-order valence-electron chi connectivity index (χ4n) is 2.72. The zero-order chi connectivity index (χ0) is 18.5. The van der Waals surface area contributed by atoms with Gasteiger partial charge in [0.05, 0.1) is 13.2 Å². The van der Waals surface area contributed by atoms with Crippen molar-refractivity contribution in [3.8, 4) is 5.75 Å². The highest BCUT2D eigenvalue weighted by Gasteiger charge is 2.31. The smallest absolute Gasteiger partial charge is 0.406 e. The van der Waals surface area contributed by atoms with Crippen LogP contribution in [-0.4, -0.2) is 47.0 Å². The van der Waals surface area contributed by atoms with E-state index in [1.165, 1.54) is 6.07 Å². The minimum Gasteiger partial charge on any atom is -0.467 e. The summed E-state index contributed by atoms with van der Waals surface area (Å²) in [7, 11) is 0. The van der Waals surface area contributed by atoms with E-state index >= 15 is 0 Å². The minimum absolute atomic E-state index is 0.0314. The molecule has 1 unspecified atom stereocenters. The molecule has 0 N–H and O–H groups in total. The maximum absolute atomic E-state index is 13.0. The highest BCUT2D eigenvalue weighted by Crippen LogP contribution is 2.30. The van der Waals surface area contributed by atoms with Crippen molar-refractivity contribution in [1.29, 1.82) is 0 Å². The summed E-state index contributed by atoms with van der Waals surface area (Å²) in [6.07, 6.45) is -0.988. The summed E-state index contributed by atoms with van der Waals surface area (Å²) in [4.78, 5) is 29.3. The van der Waals surface area contributed by atoms with Gasteiger partial charge in [-0.3, -0.25) is 4.79 Å². The molecule has 2 aromatic rings. The summed E-state index contributed by atoms with van der Waals surface area (Å²) in [5.41, 5.74) is 1.12. The lowest BCUT2D eigenvalue weighted by molar-refractivity contribution is -0.390. The van der Waals surface area contributed by atoms with E-state index in [2.05, 4.69) is 4.98 Å². The Kier molecular flexibility index (Phi) is 5.43. The molecule has 1 amide bonds. The average molecular weight is 357 g/mol. The SMILES string of the molecule is Cc1ccc(OC(C(=O)N2CCOCC2)c2ccccc2)c([N+](=O)[O-])n1. The first-order chi connectivity index (χ1) is 12.6. The number of carbonyl (C=O) groups is 1. The second kappa shape index (κ2) is 7.92. The third kappa shape index (κ3) is 3.97. The molecule has 2 heterocycles. The van der Waals surface area contributed by atoms with Gasteiger partial charge < -0.3 is 24.5 Å². The summed E-state index contributed by atoms with van der Waals surface area (Å²) in [5, 5.41) is 11.3. The predicted octanol–water partition coefficient (Wildman–Crippen LogP) is 2.28. The molecule has 8 nitrogen and oxygen atoms in total. The van der Waals surface area contributed by atoms with Gasteiger partial charge in [-0.15, -0.1) is 0 Å². The zero-order valence-electron chi connectivity index (χ0n) is 14.3. The summed E-state index contributed by atoms with van der Waals surface area (Å²) >= 11 is 0. The maximum atomic E-state index is 13.0. The van der Waals surface area contributed by atoms with Gasteiger partial charge >= 0.3 is 5.82 Å². The van der Waals surface area contributed by atoms with Crippen LogP contribution in [0.2, 0.25) is 0 Å². The first-order valence-electron chi connectivity index (χ1n) is 8.26. The van der Waals surface area contributed by atoms with E-state index in [1.54, 1.807) is 42.2 Å². The Balaban J connectivity index is 1.94. The molecule has 1 fully saturated rings. The minimum atomic E-state index is -0.988. The molecule has 136 valence electrons. The number of hydrogen-bond donors (Lipinski definition) is 0. The molecule has 1 aliphatic rings. The molecular weight excluding hydrogens is 338 g/mol. The lowest BCUT2D eigenvalue weighted by Crippen LogP contribution is -2.44. The first kappa shape index (κ1) is 17.8. The molecule has 26 heavy (non-hydrogen) atoms. The highest BCUT2D eigenvalue weighted by atomic mass is 16.6. The van der Waals surface area contributed by atoms with Crippen LogP contribution in [0.1, 0.15) is 17.4 Å². The highest BCUT2D eigenvalue weighted by molar-refractivity contribution is 5.83. The van der Waals surface area contributed by atoms with Gasteiger partial charge in [-0.25, -0.2) is 0 Å². The molecule has 0 radical (unpaired) electrons. The molecule has 3 rings (SSSR count). The number of hydrogen-bond acceptors (Lipinski definition) is 6. The molecule has 0 saturated carbocycles. The van der Waals surface area contributed by atoms with E-state index in [9.17, 15) is 14.9 Å². The van der Waals surface area contributed by atoms with Crippen molar-refractivity contribution in [2.75, 3.05) is 26.3 Å². The molecule has 0 spiro atoms. The van der Waals surface area contributed by atoms with Crippen LogP contribution < -0.4 is 4.74 Å². The molecular formula is C18H19N3O5. The molecule has 1 aromatic heterocycles. The van der Waals surface area contributed by atoms with Crippen LogP contribution in [-0.2, 0) is 9.53 Å². The largest absolute Gasteiger partial charge is 0.467 e. The number of ether oxygens (including phenoxy) is 2. The number of pyridine rings is 1. The predicted molar refractivity (Wildman–Crippen MR) is 92.8 cm³/mol. The Morgan fingerprint density at radius 3 is 2.58 bits per heavy atom. The van der Waals surface area contributed by atoms with Crippen LogP contribution in [0.4, 0.5) is 5.82 Å². The second-order valence-electron chi connectivity index (χ2n) is 5.88. The standard InChI is InChI=1S/C18H19N3O5/c1-13-7-8-15(17(19-13)21(23)24)26-16(14-5-3-2-4-6-14)18(22)20-9-11-25-12-10-20/h2-8,16H,9-12H2,1H3. The van der Waals surface area contributed by atoms with Gasteiger partial charge in [0.2, 0.25) is 11.9 Å². The van der Waals surface area contributed by atoms with Crippen molar-refractivity contribution in [2.24, 2.45) is 0 Å².